The molecule has 0 spiro atoms. The van der Waals surface area contributed by atoms with Gasteiger partial charge in [-0.15, -0.1) is 24.8 Å². The molecule has 0 aliphatic carbocycles. The monoisotopic (exact) mass is 320 g/mol. The van der Waals surface area contributed by atoms with Crippen molar-refractivity contribution in [1.82, 2.24) is 0 Å². The minimum absolute atomic E-state index is 0. The molecule has 0 bridgehead atoms. The van der Waals surface area contributed by atoms with Crippen LogP contribution in [0, 0.1) is 0 Å². The van der Waals surface area contributed by atoms with Crippen LogP contribution in [0.3, 0.4) is 0 Å². The Bertz CT molecular complexity index is 233. The Morgan fingerprint density at radius 2 is 0.643 bits per heavy atom. The van der Waals surface area contributed by atoms with Crippen LogP contribution in [0.5, 0.6) is 0 Å². The topological polar surface area (TPSA) is 149 Å². The first-order valence-corrected chi connectivity index (χ1v) is 4.19. The molecule has 0 amide bonds. The Morgan fingerprint density at radius 3 is 0.643 bits per heavy atom. The summed E-state index contributed by atoms with van der Waals surface area (Å²) in [5.74, 6) is 0. The normalized spacial score (nSPS) is 8.29. The first-order chi connectivity index (χ1) is 4.00. The third-order valence-corrected chi connectivity index (χ3v) is 0. The van der Waals surface area contributed by atoms with Crippen LogP contribution in [-0.2, 0) is 20.8 Å². The van der Waals surface area contributed by atoms with E-state index in [0.29, 0.717) is 0 Å². The Morgan fingerprint density at radius 1 is 0.643 bits per heavy atom. The molecule has 0 aromatic rings. The summed E-state index contributed by atoms with van der Waals surface area (Å²) in [6.07, 6.45) is 0. The molecule has 0 saturated carbocycles. The predicted octanol–water partition coefficient (Wildman–Crippen LogP) is -0.774. The van der Waals surface area contributed by atoms with Gasteiger partial charge < -0.3 is 5.71 Å². The average molecular weight is 322 g/mol. The van der Waals surface area contributed by atoms with E-state index in [4.69, 9.17) is 35.0 Å². The largest absolute Gasteiger partial charge is 2.00 e. The fraction of sp³-hybridized carbons (Fsp3) is 0. The second-order valence-electron chi connectivity index (χ2n) is 0.896. The maximum absolute atomic E-state index is 8.74. The van der Waals surface area contributed by atoms with E-state index in [1.165, 1.54) is 0 Å². The van der Waals surface area contributed by atoms with Gasteiger partial charge in [-0.1, -0.05) is 0 Å². The summed E-state index contributed by atoms with van der Waals surface area (Å²) in [6, 6.07) is 0. The Labute approximate surface area is 131 Å². The zero-order valence-corrected chi connectivity index (χ0v) is 12.6. The molecule has 0 saturated heterocycles. The minimum Gasteiger partial charge on any atom is -1.00 e. The molecule has 0 radical (unpaired) electrons. The van der Waals surface area contributed by atoms with Gasteiger partial charge in [-0.25, -0.2) is 0 Å². The number of hydrogen-bond acceptors (Lipinski definition) is 4. The van der Waals surface area contributed by atoms with Crippen LogP contribution in [0.1, 0.15) is 5.71 Å². The van der Waals surface area contributed by atoms with E-state index in [-0.39, 0.29) is 76.6 Å². The van der Waals surface area contributed by atoms with E-state index in [2.05, 4.69) is 0 Å². The van der Waals surface area contributed by atoms with Crippen LogP contribution >= 0.6 is 24.8 Å². The van der Waals surface area contributed by atoms with Gasteiger partial charge in [-0.2, -0.15) is 16.8 Å². The van der Waals surface area contributed by atoms with E-state index < -0.39 is 20.8 Å². The predicted molar refractivity (Wildman–Crippen MR) is 58.8 cm³/mol. The summed E-state index contributed by atoms with van der Waals surface area (Å²) >= 11 is 0. The molecule has 0 rings (SSSR count). The molecular weight excluding hydrogens is 312 g/mol. The molecule has 88 valence electrons. The van der Waals surface area contributed by atoms with Gasteiger partial charge in [-0.3, -0.25) is 18.2 Å². The summed E-state index contributed by atoms with van der Waals surface area (Å²) in [5, 5.41) is 0. The third kappa shape index (κ3) is 667. The van der Waals surface area contributed by atoms with Crippen molar-refractivity contribution < 1.29 is 40.8 Å². The maximum Gasteiger partial charge on any atom is 2.00 e. The van der Waals surface area contributed by atoms with Gasteiger partial charge in [0.05, 0.1) is 0 Å². The SMILES string of the molecule is Cl.Cl.O=S(=O)(O)O.O=S(=O)(O)O.[H-].[H-].[H-].[H-].[Mg+2].[Mg+2]. The Kier molecular flexibility index (Phi) is 38.2. The average Bonchev–Trinajstić information content (AvgIpc) is 1.12. The summed E-state index contributed by atoms with van der Waals surface area (Å²) in [4.78, 5) is 0. The van der Waals surface area contributed by atoms with E-state index in [1.807, 2.05) is 0 Å². The molecule has 0 aromatic heterocycles. The van der Waals surface area contributed by atoms with Crippen LogP contribution in [0.25, 0.3) is 0 Å². The zero-order valence-electron chi connectivity index (χ0n) is 10.5. The fourth-order valence-corrected chi connectivity index (χ4v) is 0. The van der Waals surface area contributed by atoms with E-state index in [9.17, 15) is 0 Å². The Balaban J connectivity index is -0.00000000615. The summed E-state index contributed by atoms with van der Waals surface area (Å²) in [6.45, 7) is 0. The van der Waals surface area contributed by atoms with Crippen LogP contribution < -0.4 is 0 Å². The molecule has 14 heavy (non-hydrogen) atoms. The van der Waals surface area contributed by atoms with Crippen LogP contribution in [0.4, 0.5) is 0 Å². The van der Waals surface area contributed by atoms with Crippen molar-refractivity contribution in [2.24, 2.45) is 0 Å². The second kappa shape index (κ2) is 14.9. The van der Waals surface area contributed by atoms with Crippen LogP contribution in [-0.4, -0.2) is 81.2 Å². The summed E-state index contributed by atoms with van der Waals surface area (Å²) in [7, 11) is -9.33. The molecule has 4 N–H and O–H groups in total. The van der Waals surface area contributed by atoms with Gasteiger partial charge in [0, 0.05) is 0 Å². The van der Waals surface area contributed by atoms with E-state index in [1.54, 1.807) is 0 Å². The van der Waals surface area contributed by atoms with E-state index >= 15 is 0 Å². The molecule has 0 aliphatic heterocycles. The zero-order chi connectivity index (χ0) is 9.00. The van der Waals surface area contributed by atoms with Gasteiger partial charge in [0.1, 0.15) is 0 Å². The number of halogens is 2. The smallest absolute Gasteiger partial charge is 1.00 e. The quantitative estimate of drug-likeness (QED) is 0.335. The number of hydrogen-bond donors (Lipinski definition) is 4. The third-order valence-electron chi connectivity index (χ3n) is 0. The molecule has 0 aliphatic rings. The van der Waals surface area contributed by atoms with Gasteiger partial charge in [-0.05, 0) is 0 Å². The molecule has 0 unspecified atom stereocenters. The first kappa shape index (κ1) is 36.0. The minimum atomic E-state index is -4.67. The van der Waals surface area contributed by atoms with Crippen molar-refractivity contribution in [1.29, 1.82) is 0 Å². The summed E-state index contributed by atoms with van der Waals surface area (Å²) < 4.78 is 63.2. The molecule has 14 heteroatoms. The fourth-order valence-electron chi connectivity index (χ4n) is 0. The maximum atomic E-state index is 8.74. The molecule has 8 nitrogen and oxygen atoms in total. The van der Waals surface area contributed by atoms with Crippen LogP contribution in [0.15, 0.2) is 0 Å². The van der Waals surface area contributed by atoms with E-state index in [0.717, 1.165) is 0 Å². The van der Waals surface area contributed by atoms with Crippen molar-refractivity contribution in [3.8, 4) is 0 Å². The molecule has 0 atom stereocenters. The van der Waals surface area contributed by atoms with Crippen molar-refractivity contribution in [2.45, 2.75) is 0 Å². The second-order valence-corrected chi connectivity index (χ2v) is 2.69. The summed E-state index contributed by atoms with van der Waals surface area (Å²) in [5.41, 5.74) is 0. The number of rotatable bonds is 0. The first-order valence-electron chi connectivity index (χ1n) is 1.40. The van der Waals surface area contributed by atoms with Gasteiger partial charge in [0.2, 0.25) is 0 Å². The van der Waals surface area contributed by atoms with Crippen molar-refractivity contribution >= 4 is 91.7 Å². The van der Waals surface area contributed by atoms with Crippen molar-refractivity contribution in [3.63, 3.8) is 0 Å². The Hall–Kier alpha value is 1.85. The molecular formula is H10Cl2Mg2O8S2. The van der Waals surface area contributed by atoms with Crippen molar-refractivity contribution in [2.75, 3.05) is 0 Å². The molecule has 0 fully saturated rings. The van der Waals surface area contributed by atoms with Crippen LogP contribution in [0.2, 0.25) is 0 Å². The van der Waals surface area contributed by atoms with Crippen molar-refractivity contribution in [3.05, 3.63) is 0 Å². The molecule has 0 heterocycles. The van der Waals surface area contributed by atoms with Gasteiger partial charge in [0.15, 0.2) is 0 Å². The molecule has 0 aromatic carbocycles. The standard InChI is InChI=1S/2ClH.2Mg.2H2O4S.4H/c;;;;2*1-5(2,3)4;;;;/h2*1H;;;2*(H2,1,2,3,4);;;;/q;;2*+2;;;4*-1. The van der Waals surface area contributed by atoms with Gasteiger partial charge >= 0.3 is 66.9 Å². The van der Waals surface area contributed by atoms with Gasteiger partial charge in [0.25, 0.3) is 0 Å².